The number of aromatic amines is 1. The van der Waals surface area contributed by atoms with E-state index in [-0.39, 0.29) is 18.0 Å². The molecule has 0 unspecified atom stereocenters. The first-order chi connectivity index (χ1) is 17.4. The van der Waals surface area contributed by atoms with E-state index in [0.29, 0.717) is 23.0 Å². The van der Waals surface area contributed by atoms with E-state index in [1.807, 2.05) is 30.3 Å². The van der Waals surface area contributed by atoms with Crippen LogP contribution in [0.3, 0.4) is 0 Å². The predicted molar refractivity (Wildman–Crippen MR) is 146 cm³/mol. The fourth-order valence-corrected chi connectivity index (χ4v) is 4.75. The number of rotatable bonds is 7. The van der Waals surface area contributed by atoms with Crippen LogP contribution in [0.5, 0.6) is 0 Å². The number of non-ortho nitro benzene ring substituents is 1. The Balaban J connectivity index is 1.39. The average Bonchev–Trinajstić information content (AvgIpc) is 3.22. The first-order valence-electron chi connectivity index (χ1n) is 11.6. The number of hydrogen-bond acceptors (Lipinski definition) is 4. The van der Waals surface area contributed by atoms with Crippen molar-refractivity contribution in [2.75, 3.05) is 5.32 Å². The molecule has 180 valence electrons. The summed E-state index contributed by atoms with van der Waals surface area (Å²) in [4.78, 5) is 31.7. The molecule has 2 aromatic heterocycles. The highest BCUT2D eigenvalue weighted by Gasteiger charge is 2.16. The number of pyridine rings is 1. The quantitative estimate of drug-likeness (QED) is 0.166. The predicted octanol–water partition coefficient (Wildman–Crippen LogP) is 7.32. The summed E-state index contributed by atoms with van der Waals surface area (Å²) in [7, 11) is 0. The first-order valence-corrected chi connectivity index (χ1v) is 12.4. The number of nitrogens with zero attached hydrogens (tertiary/aromatic N) is 2. The number of hydrogen-bond donors (Lipinski definition) is 2. The van der Waals surface area contributed by atoms with Crippen molar-refractivity contribution in [3.8, 4) is 11.4 Å². The maximum Gasteiger partial charge on any atom is 0.271 e. The number of para-hydroxylation sites is 1. The normalized spacial score (nSPS) is 11.2. The molecule has 5 rings (SSSR count). The molecule has 3 aromatic carbocycles. The number of H-pyrrole nitrogens is 1. The van der Waals surface area contributed by atoms with E-state index >= 15 is 0 Å². The maximum atomic E-state index is 12.7. The SMILES string of the molecule is Cc1ccc2[nH]c(-c3ccc4ccccc4n3)c(CCCC(=O)Nc3cc([N+](=O)[O-])ccc3Br)c2c1. The van der Waals surface area contributed by atoms with Crippen molar-refractivity contribution in [1.29, 1.82) is 0 Å². The van der Waals surface area contributed by atoms with Crippen LogP contribution in [0.25, 0.3) is 33.2 Å². The Morgan fingerprint density at radius 3 is 2.75 bits per heavy atom. The van der Waals surface area contributed by atoms with Crippen LogP contribution in [0.2, 0.25) is 0 Å². The molecule has 0 bridgehead atoms. The summed E-state index contributed by atoms with van der Waals surface area (Å²) in [6.45, 7) is 2.06. The van der Waals surface area contributed by atoms with Crippen LogP contribution in [0.1, 0.15) is 24.0 Å². The van der Waals surface area contributed by atoms with Gasteiger partial charge in [-0.25, -0.2) is 4.98 Å². The van der Waals surface area contributed by atoms with E-state index in [2.05, 4.69) is 57.4 Å². The topological polar surface area (TPSA) is 101 Å². The van der Waals surface area contributed by atoms with Gasteiger partial charge < -0.3 is 10.3 Å². The number of carbonyl (C=O) groups is 1. The van der Waals surface area contributed by atoms with Crippen molar-refractivity contribution in [3.63, 3.8) is 0 Å². The van der Waals surface area contributed by atoms with E-state index in [1.165, 1.54) is 12.1 Å². The minimum atomic E-state index is -0.483. The van der Waals surface area contributed by atoms with Crippen molar-refractivity contribution in [2.45, 2.75) is 26.2 Å². The number of nitro groups is 1. The van der Waals surface area contributed by atoms with Crippen LogP contribution >= 0.6 is 15.9 Å². The lowest BCUT2D eigenvalue weighted by molar-refractivity contribution is -0.384. The van der Waals surface area contributed by atoms with E-state index in [4.69, 9.17) is 4.98 Å². The van der Waals surface area contributed by atoms with E-state index < -0.39 is 4.92 Å². The molecule has 0 aliphatic rings. The van der Waals surface area contributed by atoms with Gasteiger partial charge in [0.25, 0.3) is 5.69 Å². The highest BCUT2D eigenvalue weighted by Crippen LogP contribution is 2.33. The van der Waals surface area contributed by atoms with Crippen molar-refractivity contribution in [2.24, 2.45) is 0 Å². The Morgan fingerprint density at radius 2 is 1.92 bits per heavy atom. The van der Waals surface area contributed by atoms with Crippen LogP contribution in [0, 0.1) is 17.0 Å². The molecule has 2 heterocycles. The highest BCUT2D eigenvalue weighted by molar-refractivity contribution is 9.10. The number of amides is 1. The standard InChI is InChI=1S/C28H23BrN4O3/c1-17-9-13-24-21(15-17)20(28(32-24)25-14-10-18-5-2-3-7-23(18)30-25)6-4-8-27(34)31-26-16-19(33(35)36)11-12-22(26)29/h2-3,5,7,9-16,32H,4,6,8H2,1H3,(H,31,34). The summed E-state index contributed by atoms with van der Waals surface area (Å²) < 4.78 is 0.596. The van der Waals surface area contributed by atoms with Gasteiger partial charge in [0.05, 0.1) is 27.5 Å². The molecule has 0 saturated heterocycles. The molecule has 2 N–H and O–H groups in total. The number of nitro benzene ring substituents is 1. The molecule has 0 fully saturated rings. The number of halogens is 1. The molecule has 0 radical (unpaired) electrons. The Morgan fingerprint density at radius 1 is 1.08 bits per heavy atom. The Hall–Kier alpha value is -4.04. The van der Waals surface area contributed by atoms with Crippen molar-refractivity contribution in [1.82, 2.24) is 9.97 Å². The third-order valence-electron chi connectivity index (χ3n) is 6.18. The van der Waals surface area contributed by atoms with Gasteiger partial charge in [0, 0.05) is 39.3 Å². The van der Waals surface area contributed by atoms with Gasteiger partial charge in [-0.15, -0.1) is 0 Å². The summed E-state index contributed by atoms with van der Waals surface area (Å²) in [5, 5.41) is 16.1. The molecule has 0 atom stereocenters. The molecule has 7 nitrogen and oxygen atoms in total. The molecular formula is C28H23BrN4O3. The second-order valence-corrected chi connectivity index (χ2v) is 9.59. The van der Waals surface area contributed by atoms with Gasteiger partial charge in [0.2, 0.25) is 5.91 Å². The molecular weight excluding hydrogens is 520 g/mol. The Bertz CT molecular complexity index is 1630. The van der Waals surface area contributed by atoms with Crippen LogP contribution < -0.4 is 5.32 Å². The number of fused-ring (bicyclic) bond motifs is 2. The number of nitrogens with one attached hydrogen (secondary N) is 2. The van der Waals surface area contributed by atoms with E-state index in [9.17, 15) is 14.9 Å². The molecule has 0 saturated carbocycles. The van der Waals surface area contributed by atoms with Crippen LogP contribution in [-0.2, 0) is 11.2 Å². The molecule has 0 spiro atoms. The van der Waals surface area contributed by atoms with E-state index in [1.54, 1.807) is 6.07 Å². The van der Waals surface area contributed by atoms with Gasteiger partial charge in [0.15, 0.2) is 0 Å². The Kier molecular flexibility index (Phi) is 6.52. The number of aromatic nitrogens is 2. The third-order valence-corrected chi connectivity index (χ3v) is 6.87. The largest absolute Gasteiger partial charge is 0.353 e. The zero-order valence-electron chi connectivity index (χ0n) is 19.5. The molecule has 0 aliphatic carbocycles. The highest BCUT2D eigenvalue weighted by atomic mass is 79.9. The molecule has 0 aliphatic heterocycles. The summed E-state index contributed by atoms with van der Waals surface area (Å²) in [5.74, 6) is -0.197. The third kappa shape index (κ3) is 4.85. The van der Waals surface area contributed by atoms with Crippen LogP contribution in [-0.4, -0.2) is 20.8 Å². The van der Waals surface area contributed by atoms with Gasteiger partial charge in [-0.2, -0.15) is 0 Å². The zero-order chi connectivity index (χ0) is 25.2. The lowest BCUT2D eigenvalue weighted by atomic mass is 10.0. The zero-order valence-corrected chi connectivity index (χ0v) is 21.1. The average molecular weight is 543 g/mol. The van der Waals surface area contributed by atoms with E-state index in [0.717, 1.165) is 44.3 Å². The summed E-state index contributed by atoms with van der Waals surface area (Å²) in [5.41, 5.74) is 6.39. The van der Waals surface area contributed by atoms with Crippen LogP contribution in [0.4, 0.5) is 11.4 Å². The van der Waals surface area contributed by atoms with Crippen LogP contribution in [0.15, 0.2) is 77.3 Å². The summed E-state index contributed by atoms with van der Waals surface area (Å²) in [6.07, 6.45) is 1.56. The van der Waals surface area contributed by atoms with Crippen molar-refractivity contribution >= 4 is 55.0 Å². The Labute approximate surface area is 215 Å². The van der Waals surface area contributed by atoms with Gasteiger partial charge in [-0.3, -0.25) is 14.9 Å². The molecule has 5 aromatic rings. The fourth-order valence-electron chi connectivity index (χ4n) is 4.41. The number of carbonyl (C=O) groups excluding carboxylic acids is 1. The monoisotopic (exact) mass is 542 g/mol. The lowest BCUT2D eigenvalue weighted by Crippen LogP contribution is -2.12. The number of aryl methyl sites for hydroxylation is 2. The minimum absolute atomic E-state index is 0.0739. The van der Waals surface area contributed by atoms with Gasteiger partial charge >= 0.3 is 0 Å². The lowest BCUT2D eigenvalue weighted by Gasteiger charge is -2.09. The second-order valence-electron chi connectivity index (χ2n) is 8.74. The molecule has 8 heteroatoms. The van der Waals surface area contributed by atoms with Crippen molar-refractivity contribution in [3.05, 3.63) is 98.5 Å². The summed E-state index contributed by atoms with van der Waals surface area (Å²) >= 11 is 3.35. The first kappa shape index (κ1) is 23.7. The fraction of sp³-hybridized carbons (Fsp3) is 0.143. The van der Waals surface area contributed by atoms with Crippen molar-refractivity contribution < 1.29 is 9.72 Å². The minimum Gasteiger partial charge on any atom is -0.353 e. The molecule has 36 heavy (non-hydrogen) atoms. The second kappa shape index (κ2) is 9.91. The maximum absolute atomic E-state index is 12.7. The number of benzene rings is 3. The van der Waals surface area contributed by atoms with Gasteiger partial charge in [-0.1, -0.05) is 35.9 Å². The number of anilines is 1. The summed E-state index contributed by atoms with van der Waals surface area (Å²) in [6, 6.07) is 22.7. The molecule has 1 amide bonds. The van der Waals surface area contributed by atoms with Gasteiger partial charge in [-0.05, 0) is 71.6 Å². The smallest absolute Gasteiger partial charge is 0.271 e. The van der Waals surface area contributed by atoms with Gasteiger partial charge in [0.1, 0.15) is 0 Å².